The lowest BCUT2D eigenvalue weighted by atomic mass is 9.83. The summed E-state index contributed by atoms with van der Waals surface area (Å²) in [7, 11) is 0. The number of carboxylic acids is 1. The van der Waals surface area contributed by atoms with Gasteiger partial charge in [0.05, 0.1) is 11.3 Å². The molecular formula is C34H30ClNO3. The lowest BCUT2D eigenvalue weighted by molar-refractivity contribution is 0.0697. The van der Waals surface area contributed by atoms with Gasteiger partial charge in [-0.05, 0) is 70.0 Å². The van der Waals surface area contributed by atoms with E-state index >= 15 is 0 Å². The normalized spacial score (nSPS) is 12.3. The van der Waals surface area contributed by atoms with E-state index in [1.54, 1.807) is 12.1 Å². The third kappa shape index (κ3) is 6.13. The van der Waals surface area contributed by atoms with Crippen LogP contribution in [0.5, 0.6) is 0 Å². The number of halogens is 1. The number of hydrogen-bond acceptors (Lipinski definition) is 3. The van der Waals surface area contributed by atoms with Crippen molar-refractivity contribution in [1.29, 1.82) is 0 Å². The Morgan fingerprint density at radius 2 is 1.51 bits per heavy atom. The minimum Gasteiger partial charge on any atom is -0.478 e. The van der Waals surface area contributed by atoms with E-state index in [-0.39, 0.29) is 16.9 Å². The Morgan fingerprint density at radius 1 is 0.846 bits per heavy atom. The lowest BCUT2D eigenvalue weighted by Gasteiger charge is -2.21. The SMILES string of the molecule is CC(C)(C)c1ccc([C@@H](Cc2ccc(C(=O)O)cc2)c2cc(-c3cccc(-c4ccc(Cl)cc4)c3)on2)cc1. The Labute approximate surface area is 233 Å². The molecule has 0 spiro atoms. The first-order chi connectivity index (χ1) is 18.7. The average Bonchev–Trinajstić information content (AvgIpc) is 3.42. The summed E-state index contributed by atoms with van der Waals surface area (Å²) in [5, 5.41) is 14.5. The average molecular weight is 536 g/mol. The minimum atomic E-state index is -0.933. The molecule has 4 aromatic carbocycles. The van der Waals surface area contributed by atoms with Gasteiger partial charge in [-0.3, -0.25) is 0 Å². The van der Waals surface area contributed by atoms with E-state index in [1.807, 2.05) is 54.6 Å². The summed E-state index contributed by atoms with van der Waals surface area (Å²) in [4.78, 5) is 11.3. The van der Waals surface area contributed by atoms with Gasteiger partial charge in [0.2, 0.25) is 0 Å². The molecule has 5 aromatic rings. The number of carboxylic acid groups (broad SMARTS) is 1. The third-order valence-electron chi connectivity index (χ3n) is 7.03. The van der Waals surface area contributed by atoms with Crippen molar-refractivity contribution in [1.82, 2.24) is 5.16 Å². The largest absolute Gasteiger partial charge is 0.478 e. The smallest absolute Gasteiger partial charge is 0.335 e. The molecule has 0 amide bonds. The standard InChI is InChI=1S/C34H30ClNO3/c1-34(2,3)28-15-11-24(12-16-28)30(19-22-7-9-25(10-8-22)33(37)38)31-21-32(39-36-31)27-6-4-5-26(20-27)23-13-17-29(35)18-14-23/h4-18,20-21,30H,19H2,1-3H3,(H,37,38)/t30-/m1/s1. The van der Waals surface area contributed by atoms with Gasteiger partial charge in [-0.1, -0.05) is 104 Å². The van der Waals surface area contributed by atoms with Crippen molar-refractivity contribution in [2.45, 2.75) is 38.5 Å². The van der Waals surface area contributed by atoms with Gasteiger partial charge >= 0.3 is 5.97 Å². The van der Waals surface area contributed by atoms with Crippen molar-refractivity contribution < 1.29 is 14.4 Å². The second kappa shape index (κ2) is 10.9. The fourth-order valence-corrected chi connectivity index (χ4v) is 4.84. The van der Waals surface area contributed by atoms with E-state index in [0.717, 1.165) is 33.5 Å². The zero-order chi connectivity index (χ0) is 27.6. The number of rotatable bonds is 7. The molecule has 0 radical (unpaired) electrons. The number of benzene rings is 4. The summed E-state index contributed by atoms with van der Waals surface area (Å²) >= 11 is 6.07. The predicted octanol–water partition coefficient (Wildman–Crippen LogP) is 9.03. The molecule has 39 heavy (non-hydrogen) atoms. The molecule has 0 aliphatic carbocycles. The first kappa shape index (κ1) is 26.5. The molecule has 4 nitrogen and oxygen atoms in total. The fraction of sp³-hybridized carbons (Fsp3) is 0.176. The van der Waals surface area contributed by atoms with E-state index in [2.05, 4.69) is 62.3 Å². The van der Waals surface area contributed by atoms with Crippen LogP contribution >= 0.6 is 11.6 Å². The predicted molar refractivity (Wildman–Crippen MR) is 156 cm³/mol. The van der Waals surface area contributed by atoms with Gasteiger partial charge in [-0.2, -0.15) is 0 Å². The molecule has 1 atom stereocenters. The van der Waals surface area contributed by atoms with Crippen molar-refractivity contribution in [2.75, 3.05) is 0 Å². The number of nitrogens with zero attached hydrogens (tertiary/aromatic N) is 1. The van der Waals surface area contributed by atoms with Crippen LogP contribution < -0.4 is 0 Å². The Kier molecular flexibility index (Phi) is 7.40. The minimum absolute atomic E-state index is 0.0524. The highest BCUT2D eigenvalue weighted by Crippen LogP contribution is 2.34. The number of hydrogen-bond donors (Lipinski definition) is 1. The molecule has 0 unspecified atom stereocenters. The number of carbonyl (C=O) groups is 1. The Morgan fingerprint density at radius 3 is 2.15 bits per heavy atom. The monoisotopic (exact) mass is 535 g/mol. The molecule has 0 aliphatic rings. The summed E-state index contributed by atoms with van der Waals surface area (Å²) in [6.45, 7) is 6.60. The molecule has 5 rings (SSSR count). The van der Waals surface area contributed by atoms with Crippen LogP contribution in [0.15, 0.2) is 108 Å². The maximum Gasteiger partial charge on any atom is 0.335 e. The van der Waals surface area contributed by atoms with Gasteiger partial charge in [-0.25, -0.2) is 4.79 Å². The first-order valence-electron chi connectivity index (χ1n) is 12.9. The first-order valence-corrected chi connectivity index (χ1v) is 13.3. The van der Waals surface area contributed by atoms with Crippen LogP contribution in [0.25, 0.3) is 22.5 Å². The highest BCUT2D eigenvalue weighted by Gasteiger charge is 2.22. The zero-order valence-electron chi connectivity index (χ0n) is 22.2. The molecule has 0 saturated carbocycles. The topological polar surface area (TPSA) is 63.3 Å². The quantitative estimate of drug-likeness (QED) is 0.226. The lowest BCUT2D eigenvalue weighted by Crippen LogP contribution is -2.12. The number of aromatic nitrogens is 1. The van der Waals surface area contributed by atoms with Crippen LogP contribution in [0.4, 0.5) is 0 Å². The van der Waals surface area contributed by atoms with Gasteiger partial charge in [0.1, 0.15) is 0 Å². The molecule has 0 bridgehead atoms. The van der Waals surface area contributed by atoms with E-state index < -0.39 is 5.97 Å². The van der Waals surface area contributed by atoms with Crippen LogP contribution in [-0.4, -0.2) is 16.2 Å². The van der Waals surface area contributed by atoms with Crippen molar-refractivity contribution in [3.8, 4) is 22.5 Å². The van der Waals surface area contributed by atoms with Gasteiger partial charge in [-0.15, -0.1) is 0 Å². The molecule has 0 aliphatic heterocycles. The fourth-order valence-electron chi connectivity index (χ4n) is 4.71. The van der Waals surface area contributed by atoms with E-state index in [9.17, 15) is 9.90 Å². The zero-order valence-corrected chi connectivity index (χ0v) is 22.9. The molecule has 1 aromatic heterocycles. The van der Waals surface area contributed by atoms with Crippen molar-refractivity contribution in [2.24, 2.45) is 0 Å². The maximum atomic E-state index is 11.3. The highest BCUT2D eigenvalue weighted by atomic mass is 35.5. The third-order valence-corrected chi connectivity index (χ3v) is 7.28. The van der Waals surface area contributed by atoms with Crippen molar-refractivity contribution in [3.05, 3.63) is 136 Å². The van der Waals surface area contributed by atoms with Crippen molar-refractivity contribution >= 4 is 17.6 Å². The van der Waals surface area contributed by atoms with Gasteiger partial charge in [0, 0.05) is 22.6 Å². The Bertz CT molecular complexity index is 1580. The Balaban J connectivity index is 1.49. The molecule has 0 fully saturated rings. The van der Waals surface area contributed by atoms with E-state index in [0.29, 0.717) is 17.2 Å². The highest BCUT2D eigenvalue weighted by molar-refractivity contribution is 6.30. The van der Waals surface area contributed by atoms with E-state index in [4.69, 9.17) is 16.1 Å². The summed E-state index contributed by atoms with van der Waals surface area (Å²) < 4.78 is 5.88. The Hall–Kier alpha value is -4.15. The molecule has 1 heterocycles. The second-order valence-electron chi connectivity index (χ2n) is 10.8. The van der Waals surface area contributed by atoms with E-state index in [1.165, 1.54) is 5.56 Å². The van der Waals surface area contributed by atoms with Crippen LogP contribution in [0.1, 0.15) is 59.4 Å². The molecule has 5 heteroatoms. The van der Waals surface area contributed by atoms with Gasteiger partial charge < -0.3 is 9.63 Å². The van der Waals surface area contributed by atoms with Crippen LogP contribution in [0.2, 0.25) is 5.02 Å². The van der Waals surface area contributed by atoms with Crippen LogP contribution in [0, 0.1) is 0 Å². The summed E-state index contributed by atoms with van der Waals surface area (Å²) in [5.74, 6) is -0.303. The summed E-state index contributed by atoms with van der Waals surface area (Å²) in [6, 6.07) is 33.6. The molecular weight excluding hydrogens is 506 g/mol. The summed E-state index contributed by atoms with van der Waals surface area (Å²) in [6.07, 6.45) is 0.658. The van der Waals surface area contributed by atoms with Gasteiger partial charge in [0.15, 0.2) is 5.76 Å². The van der Waals surface area contributed by atoms with Crippen molar-refractivity contribution in [3.63, 3.8) is 0 Å². The molecule has 196 valence electrons. The molecule has 0 saturated heterocycles. The number of aromatic carboxylic acids is 1. The maximum absolute atomic E-state index is 11.3. The second-order valence-corrected chi connectivity index (χ2v) is 11.3. The summed E-state index contributed by atoms with van der Waals surface area (Å²) in [5.41, 5.74) is 7.64. The molecule has 1 N–H and O–H groups in total. The van der Waals surface area contributed by atoms with Crippen LogP contribution in [0.3, 0.4) is 0 Å². The van der Waals surface area contributed by atoms with Crippen LogP contribution in [-0.2, 0) is 11.8 Å². The van der Waals surface area contributed by atoms with Gasteiger partial charge in [0.25, 0.3) is 0 Å².